The number of fused-ring (bicyclic) bond motifs is 1. The number of oxime groups is 1. The second-order valence-electron chi connectivity index (χ2n) is 8.19. The SMILES string of the molecule is Cc1nc(-c2cccnc2)sc1-c1ccc2c(n1)/C(=N/OCCCc1ccccc1)CCC2. The van der Waals surface area contributed by atoms with Gasteiger partial charge in [0, 0.05) is 18.0 Å². The Morgan fingerprint density at radius 2 is 1.91 bits per heavy atom. The van der Waals surface area contributed by atoms with Crippen LogP contribution >= 0.6 is 11.3 Å². The summed E-state index contributed by atoms with van der Waals surface area (Å²) in [5.74, 6) is 0. The molecule has 3 aromatic heterocycles. The van der Waals surface area contributed by atoms with Crippen LogP contribution in [-0.4, -0.2) is 27.3 Å². The molecule has 0 saturated carbocycles. The Labute approximate surface area is 198 Å². The maximum Gasteiger partial charge on any atom is 0.125 e. The maximum atomic E-state index is 5.71. The third-order valence-electron chi connectivity index (χ3n) is 5.77. The summed E-state index contributed by atoms with van der Waals surface area (Å²) < 4.78 is 0. The Balaban J connectivity index is 1.32. The largest absolute Gasteiger partial charge is 0.396 e. The predicted molar refractivity (Wildman–Crippen MR) is 134 cm³/mol. The Bertz CT molecular complexity index is 1250. The summed E-state index contributed by atoms with van der Waals surface area (Å²) in [6, 6.07) is 18.8. The Morgan fingerprint density at radius 1 is 1.00 bits per heavy atom. The van der Waals surface area contributed by atoms with Crippen LogP contribution in [0.1, 0.15) is 41.8 Å². The molecule has 0 radical (unpaired) electrons. The molecule has 0 saturated heterocycles. The van der Waals surface area contributed by atoms with Crippen molar-refractivity contribution in [2.75, 3.05) is 6.61 Å². The van der Waals surface area contributed by atoms with E-state index in [9.17, 15) is 0 Å². The molecule has 4 aromatic rings. The first-order chi connectivity index (χ1) is 16.3. The van der Waals surface area contributed by atoms with Gasteiger partial charge in [-0.2, -0.15) is 0 Å². The van der Waals surface area contributed by atoms with Crippen LogP contribution in [0.2, 0.25) is 0 Å². The number of benzene rings is 1. The van der Waals surface area contributed by atoms with Gasteiger partial charge in [0.05, 0.1) is 22.0 Å². The molecule has 33 heavy (non-hydrogen) atoms. The minimum absolute atomic E-state index is 0.607. The zero-order valence-electron chi connectivity index (χ0n) is 18.7. The van der Waals surface area contributed by atoms with Gasteiger partial charge in [0.15, 0.2) is 0 Å². The summed E-state index contributed by atoms with van der Waals surface area (Å²) in [6.45, 7) is 2.65. The molecule has 3 heterocycles. The van der Waals surface area contributed by atoms with Crippen LogP contribution < -0.4 is 0 Å². The summed E-state index contributed by atoms with van der Waals surface area (Å²) in [6.07, 6.45) is 8.56. The smallest absolute Gasteiger partial charge is 0.125 e. The van der Waals surface area contributed by atoms with Crippen molar-refractivity contribution in [3.8, 4) is 21.1 Å². The van der Waals surface area contributed by atoms with E-state index >= 15 is 0 Å². The van der Waals surface area contributed by atoms with E-state index in [0.29, 0.717) is 6.61 Å². The number of pyridine rings is 2. The van der Waals surface area contributed by atoms with Crippen molar-refractivity contribution in [3.05, 3.63) is 89.5 Å². The zero-order chi connectivity index (χ0) is 22.5. The average Bonchev–Trinajstić information content (AvgIpc) is 3.26. The van der Waals surface area contributed by atoms with Crippen molar-refractivity contribution in [3.63, 3.8) is 0 Å². The van der Waals surface area contributed by atoms with Gasteiger partial charge in [-0.25, -0.2) is 9.97 Å². The third kappa shape index (κ3) is 5.01. The molecule has 0 bridgehead atoms. The highest BCUT2D eigenvalue weighted by Gasteiger charge is 2.20. The van der Waals surface area contributed by atoms with Gasteiger partial charge in [-0.3, -0.25) is 4.98 Å². The molecule has 0 N–H and O–H groups in total. The first kappa shape index (κ1) is 21.5. The van der Waals surface area contributed by atoms with Crippen molar-refractivity contribution < 1.29 is 4.84 Å². The molecule has 5 rings (SSSR count). The van der Waals surface area contributed by atoms with E-state index in [0.717, 1.165) is 70.3 Å². The average molecular weight is 455 g/mol. The van der Waals surface area contributed by atoms with Gasteiger partial charge in [0.1, 0.15) is 17.3 Å². The van der Waals surface area contributed by atoms with E-state index < -0.39 is 0 Å². The minimum Gasteiger partial charge on any atom is -0.396 e. The number of aromatic nitrogens is 3. The van der Waals surface area contributed by atoms with Gasteiger partial charge < -0.3 is 4.84 Å². The molecule has 5 nitrogen and oxygen atoms in total. The van der Waals surface area contributed by atoms with E-state index in [-0.39, 0.29) is 0 Å². The zero-order valence-corrected chi connectivity index (χ0v) is 19.5. The topological polar surface area (TPSA) is 60.3 Å². The van der Waals surface area contributed by atoms with E-state index in [2.05, 4.69) is 46.5 Å². The number of thiazole rings is 1. The number of nitrogens with zero attached hydrogens (tertiary/aromatic N) is 4. The first-order valence-electron chi connectivity index (χ1n) is 11.4. The van der Waals surface area contributed by atoms with Crippen LogP contribution in [0.15, 0.2) is 72.1 Å². The molecule has 0 aliphatic heterocycles. The Kier molecular flexibility index (Phi) is 6.53. The molecular weight excluding hydrogens is 428 g/mol. The normalized spacial score (nSPS) is 14.3. The first-order valence-corrected chi connectivity index (χ1v) is 12.2. The molecule has 1 aromatic carbocycles. The highest BCUT2D eigenvalue weighted by molar-refractivity contribution is 7.18. The van der Waals surface area contributed by atoms with Gasteiger partial charge in [0.25, 0.3) is 0 Å². The van der Waals surface area contributed by atoms with Crippen molar-refractivity contribution in [1.82, 2.24) is 15.0 Å². The quantitative estimate of drug-likeness (QED) is 0.244. The third-order valence-corrected chi connectivity index (χ3v) is 7.00. The van der Waals surface area contributed by atoms with Gasteiger partial charge >= 0.3 is 0 Å². The summed E-state index contributed by atoms with van der Waals surface area (Å²) >= 11 is 1.66. The Morgan fingerprint density at radius 3 is 2.76 bits per heavy atom. The van der Waals surface area contributed by atoms with E-state index in [1.165, 1.54) is 11.1 Å². The Hall–Kier alpha value is -3.38. The molecule has 0 atom stereocenters. The lowest BCUT2D eigenvalue weighted by molar-refractivity contribution is 0.141. The van der Waals surface area contributed by atoms with Crippen LogP contribution in [0.5, 0.6) is 0 Å². The second-order valence-corrected chi connectivity index (χ2v) is 9.19. The minimum atomic E-state index is 0.607. The van der Waals surface area contributed by atoms with Crippen molar-refractivity contribution in [2.24, 2.45) is 5.16 Å². The van der Waals surface area contributed by atoms with Crippen molar-refractivity contribution in [2.45, 2.75) is 39.0 Å². The molecule has 0 spiro atoms. The fourth-order valence-corrected chi connectivity index (χ4v) is 5.10. The van der Waals surface area contributed by atoms with Crippen LogP contribution in [0.3, 0.4) is 0 Å². The predicted octanol–water partition coefficient (Wildman–Crippen LogP) is 6.27. The number of rotatable bonds is 7. The van der Waals surface area contributed by atoms with Crippen molar-refractivity contribution in [1.29, 1.82) is 0 Å². The number of hydrogen-bond donors (Lipinski definition) is 0. The van der Waals surface area contributed by atoms with Gasteiger partial charge in [-0.05, 0) is 68.4 Å². The molecule has 0 fully saturated rings. The summed E-state index contributed by atoms with van der Waals surface area (Å²) in [5, 5.41) is 5.46. The van der Waals surface area contributed by atoms with Crippen LogP contribution in [0.25, 0.3) is 21.1 Å². The lowest BCUT2D eigenvalue weighted by Crippen LogP contribution is -2.15. The maximum absolute atomic E-state index is 5.71. The van der Waals surface area contributed by atoms with Crippen molar-refractivity contribution >= 4 is 17.0 Å². The second kappa shape index (κ2) is 10.0. The van der Waals surface area contributed by atoms with Crippen LogP contribution in [0, 0.1) is 6.92 Å². The van der Waals surface area contributed by atoms with E-state index in [1.54, 1.807) is 17.5 Å². The molecule has 1 aliphatic carbocycles. The summed E-state index contributed by atoms with van der Waals surface area (Å²) in [5.41, 5.74) is 7.45. The van der Waals surface area contributed by atoms with E-state index in [1.807, 2.05) is 31.3 Å². The fraction of sp³-hybridized carbons (Fsp3) is 0.259. The molecule has 6 heteroatoms. The van der Waals surface area contributed by atoms with E-state index in [4.69, 9.17) is 14.8 Å². The monoisotopic (exact) mass is 454 g/mol. The highest BCUT2D eigenvalue weighted by Crippen LogP contribution is 2.35. The number of aryl methyl sites for hydroxylation is 3. The molecule has 0 unspecified atom stereocenters. The fourth-order valence-electron chi connectivity index (χ4n) is 4.08. The van der Waals surface area contributed by atoms with Gasteiger partial charge in [-0.15, -0.1) is 11.3 Å². The lowest BCUT2D eigenvalue weighted by atomic mass is 9.94. The standard InChI is InChI=1S/C27H26N4OS/c1-19-26(33-27(29-19)22-12-6-16-28-18-22)24-15-14-21-11-5-13-23(25(21)30-24)31-32-17-7-10-20-8-3-2-4-9-20/h2-4,6,8-9,12,14-16,18H,5,7,10-11,13,17H2,1H3/b31-23+. The molecule has 166 valence electrons. The summed E-state index contributed by atoms with van der Waals surface area (Å²) in [4.78, 5) is 20.8. The summed E-state index contributed by atoms with van der Waals surface area (Å²) in [7, 11) is 0. The van der Waals surface area contributed by atoms with Crippen LogP contribution in [-0.2, 0) is 17.7 Å². The molecule has 1 aliphatic rings. The highest BCUT2D eigenvalue weighted by atomic mass is 32.1. The number of hydrogen-bond acceptors (Lipinski definition) is 6. The van der Waals surface area contributed by atoms with Gasteiger partial charge in [0.2, 0.25) is 0 Å². The van der Waals surface area contributed by atoms with Crippen LogP contribution in [0.4, 0.5) is 0 Å². The lowest BCUT2D eigenvalue weighted by Gasteiger charge is -2.17. The molecule has 0 amide bonds. The van der Waals surface area contributed by atoms with Gasteiger partial charge in [-0.1, -0.05) is 41.6 Å². The molecular formula is C27H26N4OS.